The second-order valence-corrected chi connectivity index (χ2v) is 7.95. The third-order valence-corrected chi connectivity index (χ3v) is 5.73. The molecule has 0 saturated carbocycles. The summed E-state index contributed by atoms with van der Waals surface area (Å²) in [5.74, 6) is -0.101. The van der Waals surface area contributed by atoms with E-state index in [2.05, 4.69) is 31.4 Å². The van der Waals surface area contributed by atoms with Gasteiger partial charge in [0.1, 0.15) is 0 Å². The van der Waals surface area contributed by atoms with Gasteiger partial charge in [0.15, 0.2) is 0 Å². The summed E-state index contributed by atoms with van der Waals surface area (Å²) in [5, 5.41) is 12.6. The maximum atomic E-state index is 13.0. The average Bonchev–Trinajstić information content (AvgIpc) is 3.36. The van der Waals surface area contributed by atoms with E-state index in [0.29, 0.717) is 12.1 Å². The minimum Gasteiger partial charge on any atom is -0.352 e. The Balaban J connectivity index is 1.52. The summed E-state index contributed by atoms with van der Waals surface area (Å²) in [7, 11) is 0. The molecule has 3 heterocycles. The molecule has 4 rings (SSSR count). The van der Waals surface area contributed by atoms with Gasteiger partial charge >= 0.3 is 0 Å². The lowest BCUT2D eigenvalue weighted by molar-refractivity contribution is 0.0954. The highest BCUT2D eigenvalue weighted by Gasteiger charge is 2.14. The molecule has 0 unspecified atom stereocenters. The lowest BCUT2D eigenvalue weighted by Crippen LogP contribution is -2.25. The highest BCUT2D eigenvalue weighted by Crippen LogP contribution is 2.24. The van der Waals surface area contributed by atoms with Gasteiger partial charge in [-0.2, -0.15) is 10.2 Å². The molecular weight excluding hydrogens is 444 g/mol. The van der Waals surface area contributed by atoms with Gasteiger partial charge in [0.25, 0.3) is 5.91 Å². The summed E-state index contributed by atoms with van der Waals surface area (Å²) in [6.45, 7) is 6.08. The van der Waals surface area contributed by atoms with Gasteiger partial charge in [-0.3, -0.25) is 14.2 Å². The molecule has 0 atom stereocenters. The van der Waals surface area contributed by atoms with Crippen LogP contribution in [0.1, 0.15) is 29.4 Å². The average molecular weight is 467 g/mol. The summed E-state index contributed by atoms with van der Waals surface area (Å²) in [4.78, 5) is 17.7. The fourth-order valence-corrected chi connectivity index (χ4v) is 3.64. The van der Waals surface area contributed by atoms with Crippen molar-refractivity contribution < 1.29 is 4.79 Å². The number of para-hydroxylation sites is 1. The topological polar surface area (TPSA) is 77.6 Å². The number of hydrogen-bond donors (Lipinski definition) is 1. The lowest BCUT2D eigenvalue weighted by atomic mass is 10.0. The normalized spacial score (nSPS) is 11.2. The van der Waals surface area contributed by atoms with Gasteiger partial charge in [0.05, 0.1) is 33.1 Å². The Hall–Kier alpha value is -3.00. The van der Waals surface area contributed by atoms with E-state index in [1.807, 2.05) is 65.9 Å². The van der Waals surface area contributed by atoms with E-state index < -0.39 is 0 Å². The number of pyridine rings is 1. The zero-order chi connectivity index (χ0) is 21.1. The fourth-order valence-electron chi connectivity index (χ4n) is 3.33. The van der Waals surface area contributed by atoms with Crippen molar-refractivity contribution in [2.45, 2.75) is 33.4 Å². The van der Waals surface area contributed by atoms with Crippen LogP contribution in [0.5, 0.6) is 0 Å². The molecule has 3 aromatic heterocycles. The zero-order valence-corrected chi connectivity index (χ0v) is 18.6. The van der Waals surface area contributed by atoms with Crippen molar-refractivity contribution in [2.24, 2.45) is 0 Å². The maximum absolute atomic E-state index is 13.0. The number of carbonyl (C=O) groups is 1. The van der Waals surface area contributed by atoms with Gasteiger partial charge in [-0.25, -0.2) is 4.98 Å². The third kappa shape index (κ3) is 4.28. The van der Waals surface area contributed by atoms with Crippen LogP contribution in [-0.2, 0) is 13.1 Å². The molecule has 8 heteroatoms. The van der Waals surface area contributed by atoms with Crippen LogP contribution in [0.4, 0.5) is 0 Å². The van der Waals surface area contributed by atoms with E-state index in [4.69, 9.17) is 4.98 Å². The molecule has 0 aliphatic carbocycles. The van der Waals surface area contributed by atoms with Gasteiger partial charge in [-0.15, -0.1) is 0 Å². The molecule has 1 N–H and O–H groups in total. The number of nitrogens with one attached hydrogen (secondary N) is 1. The number of aromatic nitrogens is 5. The molecule has 7 nitrogen and oxygen atoms in total. The largest absolute Gasteiger partial charge is 0.352 e. The minimum absolute atomic E-state index is 0.101. The van der Waals surface area contributed by atoms with Crippen LogP contribution < -0.4 is 5.32 Å². The van der Waals surface area contributed by atoms with Crippen molar-refractivity contribution in [3.8, 4) is 11.3 Å². The van der Waals surface area contributed by atoms with Gasteiger partial charge in [-0.1, -0.05) is 18.2 Å². The molecule has 154 valence electrons. The van der Waals surface area contributed by atoms with Gasteiger partial charge in [0.2, 0.25) is 0 Å². The summed E-state index contributed by atoms with van der Waals surface area (Å²) in [6, 6.07) is 9.56. The van der Waals surface area contributed by atoms with Crippen LogP contribution in [-0.4, -0.2) is 37.0 Å². The molecule has 0 fully saturated rings. The molecule has 0 radical (unpaired) electrons. The summed E-state index contributed by atoms with van der Waals surface area (Å²) >= 11 is 3.47. The predicted molar refractivity (Wildman–Crippen MR) is 120 cm³/mol. The highest BCUT2D eigenvalue weighted by atomic mass is 79.9. The number of nitrogens with zero attached hydrogens (tertiary/aromatic N) is 5. The summed E-state index contributed by atoms with van der Waals surface area (Å²) in [5.41, 5.74) is 4.02. The van der Waals surface area contributed by atoms with Crippen molar-refractivity contribution >= 4 is 32.7 Å². The molecule has 30 heavy (non-hydrogen) atoms. The number of benzene rings is 1. The molecule has 0 saturated heterocycles. The fraction of sp³-hybridized carbons (Fsp3) is 0.273. The second-order valence-electron chi connectivity index (χ2n) is 7.09. The van der Waals surface area contributed by atoms with Crippen LogP contribution in [0, 0.1) is 6.92 Å². The second kappa shape index (κ2) is 8.79. The van der Waals surface area contributed by atoms with Gasteiger partial charge in [0, 0.05) is 43.0 Å². The molecule has 0 aliphatic rings. The lowest BCUT2D eigenvalue weighted by Gasteiger charge is -2.10. The third-order valence-electron chi connectivity index (χ3n) is 4.95. The van der Waals surface area contributed by atoms with Crippen LogP contribution >= 0.6 is 15.9 Å². The quantitative estimate of drug-likeness (QED) is 0.413. The number of halogens is 1. The van der Waals surface area contributed by atoms with Crippen LogP contribution in [0.2, 0.25) is 0 Å². The molecule has 0 spiro atoms. The Kier molecular flexibility index (Phi) is 5.94. The van der Waals surface area contributed by atoms with Crippen molar-refractivity contribution in [1.29, 1.82) is 0 Å². The SMILES string of the molecule is CCn1cc(-c2cc(C(=O)NCCCn3cc(Br)c(C)n3)c3ccccc3n2)cn1. The van der Waals surface area contributed by atoms with Crippen LogP contribution in [0.25, 0.3) is 22.2 Å². The van der Waals surface area contributed by atoms with Crippen molar-refractivity contribution in [2.75, 3.05) is 6.54 Å². The number of aryl methyl sites for hydroxylation is 3. The monoisotopic (exact) mass is 466 g/mol. The van der Waals surface area contributed by atoms with E-state index >= 15 is 0 Å². The molecule has 4 aromatic rings. The van der Waals surface area contributed by atoms with E-state index in [9.17, 15) is 4.79 Å². The maximum Gasteiger partial charge on any atom is 0.252 e. The summed E-state index contributed by atoms with van der Waals surface area (Å²) < 4.78 is 4.73. The first kappa shape index (κ1) is 20.3. The molecule has 1 aromatic carbocycles. The molecule has 0 bridgehead atoms. The first-order valence-corrected chi connectivity index (χ1v) is 10.7. The Morgan fingerprint density at radius 1 is 1.20 bits per heavy atom. The van der Waals surface area contributed by atoms with Crippen molar-refractivity contribution in [3.63, 3.8) is 0 Å². The number of rotatable bonds is 7. The Morgan fingerprint density at radius 2 is 2.03 bits per heavy atom. The van der Waals surface area contributed by atoms with Gasteiger partial charge < -0.3 is 5.32 Å². The van der Waals surface area contributed by atoms with Crippen LogP contribution in [0.15, 0.2) is 53.4 Å². The van der Waals surface area contributed by atoms with Crippen molar-refractivity contribution in [1.82, 2.24) is 29.9 Å². The summed E-state index contributed by atoms with van der Waals surface area (Å²) in [6.07, 6.45) is 6.48. The highest BCUT2D eigenvalue weighted by molar-refractivity contribution is 9.10. The zero-order valence-electron chi connectivity index (χ0n) is 17.0. The van der Waals surface area contributed by atoms with Crippen LogP contribution in [0.3, 0.4) is 0 Å². The minimum atomic E-state index is -0.101. The molecular formula is C22H23BrN6O. The Bertz CT molecular complexity index is 1180. The van der Waals surface area contributed by atoms with Crippen molar-refractivity contribution in [3.05, 3.63) is 64.7 Å². The first-order chi connectivity index (χ1) is 14.5. The number of amides is 1. The van der Waals surface area contributed by atoms with E-state index in [0.717, 1.165) is 51.8 Å². The Morgan fingerprint density at radius 3 is 2.77 bits per heavy atom. The smallest absolute Gasteiger partial charge is 0.252 e. The van der Waals surface area contributed by atoms with E-state index in [1.165, 1.54) is 0 Å². The standard InChI is InChI=1S/C22H23BrN6O/c1-3-28-13-16(12-25-28)21-11-18(17-7-4-5-8-20(17)26-21)22(30)24-9-6-10-29-14-19(23)15(2)27-29/h4-5,7-8,11-14H,3,6,9-10H2,1-2H3,(H,24,30). The first-order valence-electron chi connectivity index (χ1n) is 9.95. The Labute approximate surface area is 183 Å². The molecule has 0 aliphatic heterocycles. The number of fused-ring (bicyclic) bond motifs is 1. The molecule has 1 amide bonds. The van der Waals surface area contributed by atoms with Gasteiger partial charge in [-0.05, 0) is 48.3 Å². The predicted octanol–water partition coefficient (Wildman–Crippen LogP) is 4.21. The van der Waals surface area contributed by atoms with E-state index in [1.54, 1.807) is 6.20 Å². The number of carbonyl (C=O) groups excluding carboxylic acids is 1. The number of hydrogen-bond acceptors (Lipinski definition) is 4. The van der Waals surface area contributed by atoms with E-state index in [-0.39, 0.29) is 5.91 Å².